The highest BCUT2D eigenvalue weighted by Gasteiger charge is 2.36. The molecule has 1 aromatic heterocycles. The van der Waals surface area contributed by atoms with Crippen LogP contribution in [0.3, 0.4) is 0 Å². The Morgan fingerprint density at radius 3 is 2.37 bits per heavy atom. The van der Waals surface area contributed by atoms with Gasteiger partial charge in [0.2, 0.25) is 5.92 Å². The van der Waals surface area contributed by atoms with Crippen molar-refractivity contribution in [1.29, 1.82) is 0 Å². The largest absolute Gasteiger partial charge is 0.260 e. The van der Waals surface area contributed by atoms with Crippen LogP contribution in [0.15, 0.2) is 16.7 Å². The van der Waals surface area contributed by atoms with E-state index in [1.807, 2.05) is 6.20 Å². The molecule has 0 atom stereocenters. The zero-order valence-electron chi connectivity index (χ0n) is 11.6. The number of pyridine rings is 1. The first kappa shape index (κ1) is 14.9. The van der Waals surface area contributed by atoms with Crippen molar-refractivity contribution < 1.29 is 8.78 Å². The minimum Gasteiger partial charge on any atom is -0.260 e. The van der Waals surface area contributed by atoms with Crippen LogP contribution in [0.5, 0.6) is 0 Å². The fraction of sp³-hybridized carbons (Fsp3) is 0.667. The summed E-state index contributed by atoms with van der Waals surface area (Å²) < 4.78 is 27.4. The third kappa shape index (κ3) is 3.53. The number of alkyl halides is 2. The van der Waals surface area contributed by atoms with Crippen LogP contribution in [0.25, 0.3) is 0 Å². The highest BCUT2D eigenvalue weighted by Crippen LogP contribution is 2.43. The molecule has 0 amide bonds. The summed E-state index contributed by atoms with van der Waals surface area (Å²) in [4.78, 5) is 4.44. The first-order chi connectivity index (χ1) is 8.69. The minimum atomic E-state index is -2.47. The van der Waals surface area contributed by atoms with Crippen LogP contribution < -0.4 is 0 Å². The lowest BCUT2D eigenvalue weighted by atomic mass is 9.81. The van der Waals surface area contributed by atoms with E-state index in [1.165, 1.54) is 0 Å². The maximum absolute atomic E-state index is 13.2. The zero-order chi connectivity index (χ0) is 14.3. The van der Waals surface area contributed by atoms with E-state index in [9.17, 15) is 8.78 Å². The molecule has 0 bridgehead atoms. The number of rotatable bonds is 1. The summed E-state index contributed by atoms with van der Waals surface area (Å²) in [5.74, 6) is -2.25. The molecule has 1 heterocycles. The van der Waals surface area contributed by atoms with E-state index in [4.69, 9.17) is 0 Å². The van der Waals surface area contributed by atoms with Gasteiger partial charge in [-0.25, -0.2) is 8.78 Å². The molecule has 0 spiro atoms. The van der Waals surface area contributed by atoms with Crippen LogP contribution in [0, 0.1) is 0 Å². The molecule has 0 aromatic carbocycles. The first-order valence-corrected chi connectivity index (χ1v) is 7.52. The Bertz CT molecular complexity index is 456. The monoisotopic (exact) mass is 331 g/mol. The van der Waals surface area contributed by atoms with Crippen molar-refractivity contribution in [3.63, 3.8) is 0 Å². The van der Waals surface area contributed by atoms with Crippen molar-refractivity contribution in [3.05, 3.63) is 28.0 Å². The Kier molecular flexibility index (Phi) is 4.01. The topological polar surface area (TPSA) is 12.9 Å². The summed E-state index contributed by atoms with van der Waals surface area (Å²) in [7, 11) is 0. The summed E-state index contributed by atoms with van der Waals surface area (Å²) in [5.41, 5.74) is 2.13. The van der Waals surface area contributed by atoms with E-state index in [2.05, 4.69) is 47.8 Å². The highest BCUT2D eigenvalue weighted by molar-refractivity contribution is 9.10. The molecule has 106 valence electrons. The molecule has 0 saturated heterocycles. The summed E-state index contributed by atoms with van der Waals surface area (Å²) in [6.07, 6.45) is 2.91. The first-order valence-electron chi connectivity index (χ1n) is 6.73. The lowest BCUT2D eigenvalue weighted by molar-refractivity contribution is -0.0382. The Morgan fingerprint density at radius 2 is 1.84 bits per heavy atom. The van der Waals surface area contributed by atoms with Gasteiger partial charge in [0.25, 0.3) is 0 Å². The number of nitrogens with zero attached hydrogens (tertiary/aromatic N) is 1. The van der Waals surface area contributed by atoms with Gasteiger partial charge in [0.15, 0.2) is 0 Å². The van der Waals surface area contributed by atoms with Crippen LogP contribution in [-0.2, 0) is 5.41 Å². The van der Waals surface area contributed by atoms with Crippen LogP contribution in [-0.4, -0.2) is 10.9 Å². The molecule has 0 unspecified atom stereocenters. The predicted molar refractivity (Wildman–Crippen MR) is 76.8 cm³/mol. The van der Waals surface area contributed by atoms with E-state index >= 15 is 0 Å². The molecule has 1 nitrogen and oxygen atoms in total. The fourth-order valence-electron chi connectivity index (χ4n) is 2.53. The second-order valence-corrected chi connectivity index (χ2v) is 7.33. The van der Waals surface area contributed by atoms with Gasteiger partial charge < -0.3 is 0 Å². The van der Waals surface area contributed by atoms with Crippen molar-refractivity contribution in [1.82, 2.24) is 4.98 Å². The quantitative estimate of drug-likeness (QED) is 0.668. The van der Waals surface area contributed by atoms with Gasteiger partial charge in [-0.15, -0.1) is 0 Å². The molecule has 1 fully saturated rings. The average Bonchev–Trinajstić information content (AvgIpc) is 2.29. The maximum atomic E-state index is 13.2. The number of aromatic nitrogens is 1. The van der Waals surface area contributed by atoms with E-state index in [-0.39, 0.29) is 24.2 Å². The van der Waals surface area contributed by atoms with Crippen molar-refractivity contribution in [2.75, 3.05) is 0 Å². The Morgan fingerprint density at radius 1 is 1.26 bits per heavy atom. The fourth-order valence-corrected chi connectivity index (χ4v) is 3.07. The van der Waals surface area contributed by atoms with Gasteiger partial charge in [-0.05, 0) is 46.3 Å². The molecule has 0 N–H and O–H groups in total. The molecular formula is C15H20BrF2N. The smallest absolute Gasteiger partial charge is 0.248 e. The zero-order valence-corrected chi connectivity index (χ0v) is 13.2. The standard InChI is InChI=1S/C15H20BrF2N/c1-14(2,3)13-8-11(12(16)9-19-13)10-4-6-15(17,18)7-5-10/h8-10H,4-7H2,1-3H3. The lowest BCUT2D eigenvalue weighted by Gasteiger charge is -2.30. The van der Waals surface area contributed by atoms with Gasteiger partial charge in [-0.3, -0.25) is 4.98 Å². The van der Waals surface area contributed by atoms with Crippen molar-refractivity contribution in [2.24, 2.45) is 0 Å². The molecule has 0 aliphatic heterocycles. The normalized spacial score (nSPS) is 20.5. The van der Waals surface area contributed by atoms with Crippen LogP contribution >= 0.6 is 15.9 Å². The van der Waals surface area contributed by atoms with E-state index in [0.29, 0.717) is 12.8 Å². The van der Waals surface area contributed by atoms with Gasteiger partial charge in [0.1, 0.15) is 0 Å². The van der Waals surface area contributed by atoms with Gasteiger partial charge in [-0.2, -0.15) is 0 Å². The number of halogens is 3. The Labute approximate surface area is 121 Å². The number of hydrogen-bond acceptors (Lipinski definition) is 1. The molecule has 2 rings (SSSR count). The molecule has 1 aliphatic rings. The lowest BCUT2D eigenvalue weighted by Crippen LogP contribution is -2.24. The van der Waals surface area contributed by atoms with E-state index < -0.39 is 5.92 Å². The average molecular weight is 332 g/mol. The van der Waals surface area contributed by atoms with Crippen LogP contribution in [0.2, 0.25) is 0 Å². The van der Waals surface area contributed by atoms with E-state index in [0.717, 1.165) is 15.7 Å². The van der Waals surface area contributed by atoms with Gasteiger partial charge in [0.05, 0.1) is 0 Å². The molecule has 4 heteroatoms. The summed E-state index contributed by atoms with van der Waals surface area (Å²) >= 11 is 3.51. The number of hydrogen-bond donors (Lipinski definition) is 0. The second kappa shape index (κ2) is 5.12. The third-order valence-corrected chi connectivity index (χ3v) is 4.47. The second-order valence-electron chi connectivity index (χ2n) is 6.47. The predicted octanol–water partition coefficient (Wildman–Crippen LogP) is 5.43. The summed E-state index contributed by atoms with van der Waals surface area (Å²) in [6, 6.07) is 2.08. The molecule has 1 aliphatic carbocycles. The van der Waals surface area contributed by atoms with Crippen LogP contribution in [0.1, 0.15) is 63.6 Å². The summed E-state index contributed by atoms with van der Waals surface area (Å²) in [6.45, 7) is 6.34. The molecule has 1 aromatic rings. The SMILES string of the molecule is CC(C)(C)c1cc(C2CCC(F)(F)CC2)c(Br)cn1. The van der Waals surface area contributed by atoms with Gasteiger partial charge in [-0.1, -0.05) is 20.8 Å². The van der Waals surface area contributed by atoms with Crippen molar-refractivity contribution >= 4 is 15.9 Å². The van der Waals surface area contributed by atoms with Crippen molar-refractivity contribution in [3.8, 4) is 0 Å². The molecular weight excluding hydrogens is 312 g/mol. The minimum absolute atomic E-state index is 0.00270. The third-order valence-electron chi connectivity index (χ3n) is 3.81. The Balaban J connectivity index is 2.25. The van der Waals surface area contributed by atoms with Crippen molar-refractivity contribution in [2.45, 2.75) is 63.7 Å². The van der Waals surface area contributed by atoms with Gasteiger partial charge >= 0.3 is 0 Å². The maximum Gasteiger partial charge on any atom is 0.248 e. The molecule has 19 heavy (non-hydrogen) atoms. The van der Waals surface area contributed by atoms with Gasteiger partial charge in [0, 0.05) is 34.6 Å². The molecule has 1 saturated carbocycles. The van der Waals surface area contributed by atoms with E-state index in [1.54, 1.807) is 0 Å². The Hall–Kier alpha value is -0.510. The van der Waals surface area contributed by atoms with Crippen LogP contribution in [0.4, 0.5) is 8.78 Å². The molecule has 0 radical (unpaired) electrons. The summed E-state index contributed by atoms with van der Waals surface area (Å²) in [5, 5.41) is 0. The highest BCUT2D eigenvalue weighted by atomic mass is 79.9.